The summed E-state index contributed by atoms with van der Waals surface area (Å²) in [7, 11) is 3.88. The van der Waals surface area contributed by atoms with E-state index in [1.54, 1.807) is 12.1 Å². The molecule has 0 radical (unpaired) electrons. The average molecular weight is 384 g/mol. The third kappa shape index (κ3) is 6.30. The molecule has 28 heavy (non-hydrogen) atoms. The average Bonchev–Trinajstić information content (AvgIpc) is 2.65. The van der Waals surface area contributed by atoms with Gasteiger partial charge in [-0.25, -0.2) is 4.79 Å². The van der Waals surface area contributed by atoms with Crippen LogP contribution in [0.1, 0.15) is 30.9 Å². The minimum absolute atomic E-state index is 0.245. The lowest BCUT2D eigenvalue weighted by molar-refractivity contribution is -0.149. The van der Waals surface area contributed by atoms with Crippen LogP contribution in [0.15, 0.2) is 42.5 Å². The van der Waals surface area contributed by atoms with Gasteiger partial charge in [-0.3, -0.25) is 4.79 Å². The van der Waals surface area contributed by atoms with Crippen molar-refractivity contribution >= 4 is 23.3 Å². The Morgan fingerprint density at radius 2 is 1.71 bits per heavy atom. The van der Waals surface area contributed by atoms with Crippen molar-refractivity contribution < 1.29 is 19.1 Å². The van der Waals surface area contributed by atoms with Crippen LogP contribution in [0.25, 0.3) is 0 Å². The van der Waals surface area contributed by atoms with Gasteiger partial charge in [-0.2, -0.15) is 0 Å². The normalized spacial score (nSPS) is 10.5. The molecule has 2 rings (SSSR count). The highest BCUT2D eigenvalue weighted by atomic mass is 16.6. The molecule has 0 aliphatic heterocycles. The zero-order valence-electron chi connectivity index (χ0n) is 17.1. The van der Waals surface area contributed by atoms with Crippen molar-refractivity contribution in [2.45, 2.75) is 26.7 Å². The first-order chi connectivity index (χ1) is 13.3. The Morgan fingerprint density at radius 3 is 2.29 bits per heavy atom. The highest BCUT2D eigenvalue weighted by Gasteiger charge is 2.10. The fraction of sp³-hybridized carbons (Fsp3) is 0.364. The number of carbonyl (C=O) groups excluding carboxylic acids is 2. The molecule has 2 aromatic rings. The number of rotatable bonds is 8. The van der Waals surface area contributed by atoms with Gasteiger partial charge in [0.05, 0.1) is 0 Å². The van der Waals surface area contributed by atoms with Gasteiger partial charge in [-0.15, -0.1) is 0 Å². The maximum absolute atomic E-state index is 11.9. The van der Waals surface area contributed by atoms with Crippen molar-refractivity contribution in [3.05, 3.63) is 53.6 Å². The summed E-state index contributed by atoms with van der Waals surface area (Å²) in [5.74, 6) is 0.0349. The molecule has 0 unspecified atom stereocenters. The zero-order chi connectivity index (χ0) is 20.7. The molecule has 1 N–H and O–H groups in total. The fourth-order valence-corrected chi connectivity index (χ4v) is 2.76. The van der Waals surface area contributed by atoms with E-state index in [1.165, 1.54) is 5.56 Å². The van der Waals surface area contributed by atoms with Crippen molar-refractivity contribution in [2.75, 3.05) is 37.5 Å². The van der Waals surface area contributed by atoms with Gasteiger partial charge in [0.15, 0.2) is 13.2 Å². The first-order valence-corrected chi connectivity index (χ1v) is 9.22. The van der Waals surface area contributed by atoms with E-state index >= 15 is 0 Å². The largest absolute Gasteiger partial charge is 0.482 e. The SMILES string of the molecule is Cc1cc(OCC(=O)OCC(=O)Nc2ccc(N(C)C)cc2)ccc1C(C)C. The highest BCUT2D eigenvalue weighted by Crippen LogP contribution is 2.23. The van der Waals surface area contributed by atoms with E-state index in [1.807, 2.05) is 56.3 Å². The number of esters is 1. The lowest BCUT2D eigenvalue weighted by Gasteiger charge is -2.13. The molecular formula is C22H28N2O4. The van der Waals surface area contributed by atoms with Crippen LogP contribution in [0.2, 0.25) is 0 Å². The molecule has 2 aromatic carbocycles. The molecule has 0 saturated heterocycles. The Kier molecular flexibility index (Phi) is 7.44. The van der Waals surface area contributed by atoms with Crippen molar-refractivity contribution in [2.24, 2.45) is 0 Å². The smallest absolute Gasteiger partial charge is 0.344 e. The highest BCUT2D eigenvalue weighted by molar-refractivity contribution is 5.93. The Morgan fingerprint density at radius 1 is 1.04 bits per heavy atom. The number of hydrogen-bond acceptors (Lipinski definition) is 5. The predicted molar refractivity (Wildman–Crippen MR) is 111 cm³/mol. The van der Waals surface area contributed by atoms with Crippen LogP contribution in [-0.2, 0) is 14.3 Å². The second kappa shape index (κ2) is 9.78. The van der Waals surface area contributed by atoms with E-state index < -0.39 is 11.9 Å². The second-order valence-corrected chi connectivity index (χ2v) is 7.11. The van der Waals surface area contributed by atoms with Gasteiger partial charge >= 0.3 is 5.97 Å². The Labute approximate surface area is 166 Å². The molecule has 0 heterocycles. The molecule has 0 aliphatic carbocycles. The maximum atomic E-state index is 11.9. The van der Waals surface area contributed by atoms with Crippen LogP contribution in [-0.4, -0.2) is 39.2 Å². The summed E-state index contributed by atoms with van der Waals surface area (Å²) < 4.78 is 10.4. The third-order valence-corrected chi connectivity index (χ3v) is 4.25. The van der Waals surface area contributed by atoms with Gasteiger partial charge in [-0.1, -0.05) is 19.9 Å². The summed E-state index contributed by atoms with van der Waals surface area (Å²) in [5.41, 5.74) is 4.02. The van der Waals surface area contributed by atoms with Crippen molar-refractivity contribution in [1.29, 1.82) is 0 Å². The van der Waals surface area contributed by atoms with E-state index in [-0.39, 0.29) is 13.2 Å². The lowest BCUT2D eigenvalue weighted by Crippen LogP contribution is -2.23. The van der Waals surface area contributed by atoms with Crippen LogP contribution in [0.3, 0.4) is 0 Å². The van der Waals surface area contributed by atoms with E-state index in [9.17, 15) is 9.59 Å². The van der Waals surface area contributed by atoms with Crippen molar-refractivity contribution in [1.82, 2.24) is 0 Å². The van der Waals surface area contributed by atoms with Crippen LogP contribution < -0.4 is 15.0 Å². The topological polar surface area (TPSA) is 67.9 Å². The first kappa shape index (κ1) is 21.3. The minimum atomic E-state index is -0.594. The first-order valence-electron chi connectivity index (χ1n) is 9.22. The Bertz CT molecular complexity index is 814. The third-order valence-electron chi connectivity index (χ3n) is 4.25. The molecule has 0 fully saturated rings. The zero-order valence-corrected chi connectivity index (χ0v) is 17.1. The number of hydrogen-bond donors (Lipinski definition) is 1. The number of carbonyl (C=O) groups is 2. The van der Waals surface area contributed by atoms with E-state index in [4.69, 9.17) is 9.47 Å². The maximum Gasteiger partial charge on any atom is 0.344 e. The monoisotopic (exact) mass is 384 g/mol. The van der Waals surface area contributed by atoms with Gasteiger partial charge in [0.1, 0.15) is 5.75 Å². The molecular weight excluding hydrogens is 356 g/mol. The van der Waals surface area contributed by atoms with Crippen LogP contribution >= 0.6 is 0 Å². The minimum Gasteiger partial charge on any atom is -0.482 e. The molecule has 150 valence electrons. The molecule has 1 amide bonds. The molecule has 0 bridgehead atoms. The number of aryl methyl sites for hydroxylation is 1. The molecule has 6 heteroatoms. The molecule has 0 spiro atoms. The number of benzene rings is 2. The quantitative estimate of drug-likeness (QED) is 0.702. The second-order valence-electron chi connectivity index (χ2n) is 7.11. The molecule has 0 aromatic heterocycles. The standard InChI is InChI=1S/C22H28N2O4/c1-15(2)20-11-10-19(12-16(20)3)27-14-22(26)28-13-21(25)23-17-6-8-18(9-7-17)24(4)5/h6-12,15H,13-14H2,1-5H3,(H,23,25). The molecule has 0 aliphatic rings. The van der Waals surface area contributed by atoms with E-state index in [0.717, 1.165) is 11.3 Å². The summed E-state index contributed by atoms with van der Waals surface area (Å²) in [5, 5.41) is 2.69. The number of nitrogens with zero attached hydrogens (tertiary/aromatic N) is 1. The number of amides is 1. The van der Waals surface area contributed by atoms with Crippen LogP contribution in [0.5, 0.6) is 5.75 Å². The molecule has 0 saturated carbocycles. The lowest BCUT2D eigenvalue weighted by atomic mass is 9.98. The summed E-state index contributed by atoms with van der Waals surface area (Å²) in [6.07, 6.45) is 0. The fourth-order valence-electron chi connectivity index (χ4n) is 2.76. The summed E-state index contributed by atoms with van der Waals surface area (Å²) in [6, 6.07) is 13.1. The number of nitrogens with one attached hydrogen (secondary N) is 1. The number of ether oxygens (including phenoxy) is 2. The summed E-state index contributed by atoms with van der Waals surface area (Å²) in [4.78, 5) is 25.7. The van der Waals surface area contributed by atoms with Gasteiger partial charge in [0.25, 0.3) is 5.91 Å². The molecule has 0 atom stereocenters. The van der Waals surface area contributed by atoms with E-state index in [0.29, 0.717) is 17.4 Å². The number of anilines is 2. The molecule has 6 nitrogen and oxygen atoms in total. The van der Waals surface area contributed by atoms with Crippen LogP contribution in [0.4, 0.5) is 11.4 Å². The van der Waals surface area contributed by atoms with Gasteiger partial charge in [0.2, 0.25) is 0 Å². The summed E-state index contributed by atoms with van der Waals surface area (Å²) in [6.45, 7) is 5.66. The summed E-state index contributed by atoms with van der Waals surface area (Å²) >= 11 is 0. The van der Waals surface area contributed by atoms with E-state index in [2.05, 4.69) is 19.2 Å². The Hall–Kier alpha value is -3.02. The van der Waals surface area contributed by atoms with Gasteiger partial charge in [0, 0.05) is 25.5 Å². The van der Waals surface area contributed by atoms with Crippen molar-refractivity contribution in [3.8, 4) is 5.75 Å². The van der Waals surface area contributed by atoms with Crippen LogP contribution in [0, 0.1) is 6.92 Å². The van der Waals surface area contributed by atoms with Gasteiger partial charge < -0.3 is 19.7 Å². The van der Waals surface area contributed by atoms with Gasteiger partial charge in [-0.05, 0) is 60.4 Å². The van der Waals surface area contributed by atoms with Crippen molar-refractivity contribution in [3.63, 3.8) is 0 Å². The Balaban J connectivity index is 1.76. The predicted octanol–water partition coefficient (Wildman–Crippen LogP) is 3.75.